The van der Waals surface area contributed by atoms with Crippen LogP contribution in [-0.4, -0.2) is 199 Å². The molecule has 76 heavy (non-hydrogen) atoms. The number of rotatable bonds is 48. The van der Waals surface area contributed by atoms with Crippen LogP contribution in [0.2, 0.25) is 0 Å². The molecule has 422 valence electrons. The van der Waals surface area contributed by atoms with E-state index >= 15 is 0 Å². The maximum Gasteiger partial charge on any atom is 0.305 e. The summed E-state index contributed by atoms with van der Waals surface area (Å²) >= 11 is 0. The minimum Gasteiger partial charge on any atom is -0.491 e. The van der Waals surface area contributed by atoms with Crippen LogP contribution in [0.4, 0.5) is 5.82 Å². The molecule has 0 fully saturated rings. The van der Waals surface area contributed by atoms with Crippen molar-refractivity contribution in [2.24, 2.45) is 5.73 Å². The lowest BCUT2D eigenvalue weighted by atomic mass is 9.95. The van der Waals surface area contributed by atoms with E-state index in [4.69, 9.17) is 62.6 Å². The number of aliphatic carboxylic acids is 1. The van der Waals surface area contributed by atoms with E-state index < -0.39 is 17.9 Å². The minimum atomic E-state index is -1.07. The molecule has 4 rings (SSSR count). The predicted octanol–water partition coefficient (Wildman–Crippen LogP) is 4.37. The molecule has 6 N–H and O–H groups in total. The molecule has 0 aliphatic heterocycles. The molecule has 3 aromatic carbocycles. The molecule has 2 amide bonds. The summed E-state index contributed by atoms with van der Waals surface area (Å²) in [5, 5.41) is 20.1. The van der Waals surface area contributed by atoms with Gasteiger partial charge in [0.1, 0.15) is 18.2 Å². The summed E-state index contributed by atoms with van der Waals surface area (Å²) in [6, 6.07) is 22.3. The third-order valence-corrected chi connectivity index (χ3v) is 10.9. The zero-order chi connectivity index (χ0) is 53.9. The van der Waals surface area contributed by atoms with Crippen molar-refractivity contribution in [2.45, 2.75) is 32.2 Å². The van der Waals surface area contributed by atoms with E-state index in [1.165, 1.54) is 0 Å². The highest BCUT2D eigenvalue weighted by Crippen LogP contribution is 2.35. The molecule has 21 heteroatoms. The molecule has 0 bridgehead atoms. The number of carboxylic acid groups (broad SMARTS) is 1. The zero-order valence-corrected chi connectivity index (χ0v) is 44.2. The van der Waals surface area contributed by atoms with Crippen molar-refractivity contribution < 1.29 is 76.3 Å². The Morgan fingerprint density at radius 1 is 0.566 bits per heavy atom. The van der Waals surface area contributed by atoms with Gasteiger partial charge in [0.05, 0.1) is 164 Å². The average Bonchev–Trinajstić information content (AvgIpc) is 3.42. The van der Waals surface area contributed by atoms with Crippen LogP contribution in [0.1, 0.15) is 36.4 Å². The summed E-state index contributed by atoms with van der Waals surface area (Å²) in [6.07, 6.45) is 2.16. The number of fused-ring (bicyclic) bond motifs is 1. The third kappa shape index (κ3) is 29.2. The number of aromatic nitrogens is 1. The topological polar surface area (TPSA) is 257 Å². The molecule has 1 atom stereocenters. The molecule has 0 spiro atoms. The number of hydrogen-bond donors (Lipinski definition) is 5. The largest absolute Gasteiger partial charge is 0.491 e. The van der Waals surface area contributed by atoms with E-state index in [1.54, 1.807) is 6.20 Å². The fraction of sp³-hybridized carbons (Fsp3) is 0.564. The first-order chi connectivity index (χ1) is 37.3. The number of hydrogen-bond acceptors (Lipinski definition) is 18. The molecule has 0 unspecified atom stereocenters. The number of pyridine rings is 1. The first-order valence-corrected chi connectivity index (χ1v) is 26.1. The quantitative estimate of drug-likeness (QED) is 0.0385. The van der Waals surface area contributed by atoms with Gasteiger partial charge in [-0.2, -0.15) is 0 Å². The van der Waals surface area contributed by atoms with E-state index in [2.05, 4.69) is 20.9 Å². The van der Waals surface area contributed by atoms with Gasteiger partial charge in [-0.15, -0.1) is 0 Å². The summed E-state index contributed by atoms with van der Waals surface area (Å²) in [7, 11) is 0. The Bertz CT molecular complexity index is 2160. The van der Waals surface area contributed by atoms with Gasteiger partial charge in [-0.3, -0.25) is 14.4 Å². The number of nitrogens with two attached hydrogens (primary N) is 1. The van der Waals surface area contributed by atoms with E-state index in [9.17, 15) is 19.5 Å². The zero-order valence-electron chi connectivity index (χ0n) is 44.2. The lowest BCUT2D eigenvalue weighted by molar-refractivity contribution is -0.138. The van der Waals surface area contributed by atoms with Crippen molar-refractivity contribution in [3.8, 4) is 16.9 Å². The van der Waals surface area contributed by atoms with E-state index in [1.807, 2.05) is 79.7 Å². The fourth-order valence-electron chi connectivity index (χ4n) is 7.18. The van der Waals surface area contributed by atoms with Gasteiger partial charge in [0, 0.05) is 31.1 Å². The standard InChI is InChI=1S/C55H81N5O16/c1-44-14-17-58-52(41-44)57-16-4-7-53(61)59-43-54(62)60-50(42-55(63)64)46-10-8-45(9-11-46)47-12-13-51(49-6-3-2-5-48(47)49)76-40-39-75-38-37-74-36-35-73-34-33-72-32-31-71-30-29-70-28-27-69-26-25-68-24-23-67-22-21-66-20-19-65-18-15-56/h2-3,5-6,8-14,17,41,50H,4,7,15-16,18-40,42-43,56H2,1H3,(H,57,58)(H,59,61)(H,60,62)(H,63,64)/t50-/m0/s1. The maximum atomic E-state index is 12.8. The number of nitrogens with one attached hydrogen (secondary N) is 3. The molecule has 1 aromatic heterocycles. The fourth-order valence-corrected chi connectivity index (χ4v) is 7.18. The number of carbonyl (C=O) groups excluding carboxylic acids is 2. The lowest BCUT2D eigenvalue weighted by Gasteiger charge is -2.19. The number of anilines is 1. The number of nitrogens with zero attached hydrogens (tertiary/aromatic N) is 1. The Balaban J connectivity index is 0.960. The van der Waals surface area contributed by atoms with Crippen LogP contribution in [0, 0.1) is 6.92 Å². The maximum absolute atomic E-state index is 12.8. The number of benzene rings is 3. The van der Waals surface area contributed by atoms with Gasteiger partial charge in [-0.05, 0) is 59.2 Å². The molecule has 0 aliphatic carbocycles. The second kappa shape index (κ2) is 41.7. The highest BCUT2D eigenvalue weighted by atomic mass is 16.6. The van der Waals surface area contributed by atoms with Gasteiger partial charge in [0.2, 0.25) is 11.8 Å². The van der Waals surface area contributed by atoms with Crippen molar-refractivity contribution in [2.75, 3.05) is 177 Å². The average molecular weight is 1070 g/mol. The SMILES string of the molecule is Cc1ccnc(NCCCC(=O)NCC(=O)N[C@@H](CC(=O)O)c2ccc(-c3ccc(OCCOCCOCCOCCOCCOCCOCCOCCOCCOCCOCCOCCN)c4ccccc34)cc2)c1. The molecule has 21 nitrogen and oxygen atoms in total. The molecule has 0 radical (unpaired) electrons. The Hall–Kier alpha value is -5.40. The summed E-state index contributed by atoms with van der Waals surface area (Å²) < 4.78 is 66.7. The van der Waals surface area contributed by atoms with Crippen molar-refractivity contribution in [1.29, 1.82) is 0 Å². The van der Waals surface area contributed by atoms with Gasteiger partial charge in [-0.1, -0.05) is 54.6 Å². The normalized spacial score (nSPS) is 11.7. The van der Waals surface area contributed by atoms with Gasteiger partial charge in [0.15, 0.2) is 0 Å². The van der Waals surface area contributed by atoms with Crippen LogP contribution in [0.15, 0.2) is 79.0 Å². The van der Waals surface area contributed by atoms with Crippen molar-refractivity contribution >= 4 is 34.4 Å². The van der Waals surface area contributed by atoms with Crippen LogP contribution in [0.3, 0.4) is 0 Å². The molecule has 1 heterocycles. The molecule has 4 aromatic rings. The second-order valence-electron chi connectivity index (χ2n) is 16.9. The van der Waals surface area contributed by atoms with Crippen LogP contribution in [0.25, 0.3) is 21.9 Å². The van der Waals surface area contributed by atoms with Gasteiger partial charge in [-0.25, -0.2) is 4.98 Å². The highest BCUT2D eigenvalue weighted by molar-refractivity contribution is 6.00. The van der Waals surface area contributed by atoms with E-state index in [0.717, 1.165) is 39.0 Å². The number of aryl methyl sites for hydroxylation is 1. The van der Waals surface area contributed by atoms with E-state index in [-0.39, 0.29) is 25.3 Å². The van der Waals surface area contributed by atoms with Crippen LogP contribution < -0.4 is 26.4 Å². The molecular formula is C55H81N5O16. The molecule has 0 saturated carbocycles. The summed E-state index contributed by atoms with van der Waals surface area (Å²) in [5.74, 6) is -0.373. The van der Waals surface area contributed by atoms with Gasteiger partial charge < -0.3 is 83.6 Å². The minimum absolute atomic E-state index is 0.218. The Morgan fingerprint density at radius 2 is 1.04 bits per heavy atom. The van der Waals surface area contributed by atoms with Crippen molar-refractivity contribution in [1.82, 2.24) is 15.6 Å². The monoisotopic (exact) mass is 1070 g/mol. The van der Waals surface area contributed by atoms with Gasteiger partial charge >= 0.3 is 5.97 Å². The first kappa shape index (κ1) is 63.1. The molecule has 0 saturated heterocycles. The lowest BCUT2D eigenvalue weighted by Crippen LogP contribution is -2.39. The molecular weight excluding hydrogens is 987 g/mol. The Kier molecular flexibility index (Phi) is 34.7. The van der Waals surface area contributed by atoms with Crippen molar-refractivity contribution in [3.05, 3.63) is 90.1 Å². The van der Waals surface area contributed by atoms with Crippen LogP contribution >= 0.6 is 0 Å². The van der Waals surface area contributed by atoms with E-state index in [0.29, 0.717) is 177 Å². The summed E-state index contributed by atoms with van der Waals surface area (Å²) in [4.78, 5) is 41.3. The predicted molar refractivity (Wildman–Crippen MR) is 286 cm³/mol. The molecule has 0 aliphatic rings. The first-order valence-electron chi connectivity index (χ1n) is 26.1. The smallest absolute Gasteiger partial charge is 0.305 e. The summed E-state index contributed by atoms with van der Waals surface area (Å²) in [5.41, 5.74) is 8.93. The van der Waals surface area contributed by atoms with Crippen LogP contribution in [-0.2, 0) is 66.5 Å². The Morgan fingerprint density at radius 3 is 1.51 bits per heavy atom. The highest BCUT2D eigenvalue weighted by Gasteiger charge is 2.19. The third-order valence-electron chi connectivity index (χ3n) is 10.9. The summed E-state index contributed by atoms with van der Waals surface area (Å²) in [6.45, 7) is 13.6. The number of amides is 2. The van der Waals surface area contributed by atoms with Crippen LogP contribution in [0.5, 0.6) is 5.75 Å². The second-order valence-corrected chi connectivity index (χ2v) is 16.9. The Labute approximate surface area is 446 Å². The van der Waals surface area contributed by atoms with Gasteiger partial charge in [0.25, 0.3) is 0 Å². The number of ether oxygens (including phenoxy) is 12. The number of carboxylic acids is 1. The van der Waals surface area contributed by atoms with Crippen molar-refractivity contribution in [3.63, 3.8) is 0 Å². The number of carbonyl (C=O) groups is 3.